The maximum atomic E-state index is 12.7. The zero-order chi connectivity index (χ0) is 24.1. The minimum atomic E-state index is -0.321. The third-order valence-corrected chi connectivity index (χ3v) is 6.67. The van der Waals surface area contributed by atoms with E-state index < -0.39 is 0 Å². The number of benzene rings is 5. The van der Waals surface area contributed by atoms with E-state index in [0.717, 1.165) is 50.0 Å². The van der Waals surface area contributed by atoms with Gasteiger partial charge in [-0.2, -0.15) is 0 Å². The van der Waals surface area contributed by atoms with E-state index in [0.29, 0.717) is 11.0 Å². The first kappa shape index (κ1) is 20.4. The lowest BCUT2D eigenvalue weighted by molar-refractivity contribution is 0.569. The lowest BCUT2D eigenvalue weighted by Gasteiger charge is -2.10. The second-order valence-electron chi connectivity index (χ2n) is 8.82. The van der Waals surface area contributed by atoms with Gasteiger partial charge in [-0.1, -0.05) is 84.9 Å². The summed E-state index contributed by atoms with van der Waals surface area (Å²) in [5.41, 5.74) is 6.38. The molecule has 0 unspecified atom stereocenters. The fraction of sp³-hybridized carbons (Fsp3) is 0. The van der Waals surface area contributed by atoms with Crippen molar-refractivity contribution in [3.05, 3.63) is 132 Å². The Morgan fingerprint density at radius 1 is 0.583 bits per heavy atom. The minimum absolute atomic E-state index is 0.321. The highest BCUT2D eigenvalue weighted by atomic mass is 16.4. The normalized spacial score (nSPS) is 11.4. The second kappa shape index (κ2) is 8.07. The molecule has 2 aromatic heterocycles. The lowest BCUT2D eigenvalue weighted by atomic mass is 9.99. The number of rotatable bonds is 3. The molecule has 170 valence electrons. The molecule has 4 heteroatoms. The number of hydrogen-bond acceptors (Lipinski definition) is 3. The Balaban J connectivity index is 1.34. The first-order valence-electron chi connectivity index (χ1n) is 11.9. The van der Waals surface area contributed by atoms with Crippen LogP contribution in [0.2, 0.25) is 0 Å². The van der Waals surface area contributed by atoms with Crippen molar-refractivity contribution < 1.29 is 4.42 Å². The molecular weight excluding hydrogens is 444 g/mol. The number of para-hydroxylation sites is 4. The first-order chi connectivity index (χ1) is 17.8. The molecule has 7 rings (SSSR count). The molecule has 36 heavy (non-hydrogen) atoms. The van der Waals surface area contributed by atoms with Gasteiger partial charge in [0, 0.05) is 16.6 Å². The molecular formula is C32H20N2O2. The van der Waals surface area contributed by atoms with Crippen molar-refractivity contribution in [2.24, 2.45) is 0 Å². The average molecular weight is 465 g/mol. The van der Waals surface area contributed by atoms with Gasteiger partial charge in [0.05, 0.1) is 16.4 Å². The predicted molar refractivity (Wildman–Crippen MR) is 145 cm³/mol. The Morgan fingerprint density at radius 2 is 1.28 bits per heavy atom. The van der Waals surface area contributed by atoms with Crippen LogP contribution in [0.5, 0.6) is 0 Å². The summed E-state index contributed by atoms with van der Waals surface area (Å²) in [6, 6.07) is 40.4. The Kier molecular flexibility index (Phi) is 4.57. The quantitative estimate of drug-likeness (QED) is 0.200. The third kappa shape index (κ3) is 3.23. The molecule has 0 saturated carbocycles. The van der Waals surface area contributed by atoms with Gasteiger partial charge >= 0.3 is 5.63 Å². The zero-order valence-electron chi connectivity index (χ0n) is 19.3. The highest BCUT2D eigenvalue weighted by molar-refractivity contribution is 6.05. The van der Waals surface area contributed by atoms with Crippen LogP contribution in [0.25, 0.3) is 61.0 Å². The first-order valence-corrected chi connectivity index (χ1v) is 11.9. The largest absolute Gasteiger partial charge is 0.422 e. The summed E-state index contributed by atoms with van der Waals surface area (Å²) >= 11 is 0. The van der Waals surface area contributed by atoms with E-state index in [2.05, 4.69) is 53.1 Å². The van der Waals surface area contributed by atoms with E-state index in [1.807, 2.05) is 72.8 Å². The van der Waals surface area contributed by atoms with Crippen molar-refractivity contribution in [3.63, 3.8) is 0 Å². The molecule has 0 atom stereocenters. The molecule has 0 fully saturated rings. The molecule has 0 amide bonds. The Hall–Kier alpha value is -4.96. The van der Waals surface area contributed by atoms with Crippen molar-refractivity contribution in [1.82, 2.24) is 9.55 Å². The van der Waals surface area contributed by atoms with Crippen LogP contribution < -0.4 is 5.63 Å². The molecule has 0 aliphatic heterocycles. The number of aromatic nitrogens is 2. The van der Waals surface area contributed by atoms with Crippen molar-refractivity contribution >= 4 is 32.8 Å². The van der Waals surface area contributed by atoms with Gasteiger partial charge in [0.2, 0.25) is 0 Å². The maximum Gasteiger partial charge on any atom is 0.344 e. The molecule has 0 spiro atoms. The van der Waals surface area contributed by atoms with Crippen LogP contribution in [-0.2, 0) is 0 Å². The summed E-state index contributed by atoms with van der Waals surface area (Å²) in [5.74, 6) is 0.888. The molecule has 0 radical (unpaired) electrons. The van der Waals surface area contributed by atoms with Crippen LogP contribution in [0.15, 0.2) is 131 Å². The summed E-state index contributed by atoms with van der Waals surface area (Å²) in [7, 11) is 0. The van der Waals surface area contributed by atoms with Crippen LogP contribution in [-0.4, -0.2) is 9.55 Å². The number of imidazole rings is 1. The van der Waals surface area contributed by atoms with E-state index >= 15 is 0 Å². The van der Waals surface area contributed by atoms with Gasteiger partial charge in [-0.05, 0) is 52.9 Å². The third-order valence-electron chi connectivity index (χ3n) is 6.67. The molecule has 0 N–H and O–H groups in total. The van der Waals surface area contributed by atoms with Crippen molar-refractivity contribution in [1.29, 1.82) is 0 Å². The van der Waals surface area contributed by atoms with E-state index in [-0.39, 0.29) is 5.63 Å². The monoisotopic (exact) mass is 464 g/mol. The van der Waals surface area contributed by atoms with Crippen molar-refractivity contribution in [2.75, 3.05) is 0 Å². The number of hydrogen-bond donors (Lipinski definition) is 0. The molecule has 0 bridgehead atoms. The summed E-state index contributed by atoms with van der Waals surface area (Å²) in [6.07, 6.45) is 0. The van der Waals surface area contributed by atoms with Gasteiger partial charge in [-0.25, -0.2) is 9.78 Å². The van der Waals surface area contributed by atoms with Gasteiger partial charge in [0.1, 0.15) is 11.4 Å². The van der Waals surface area contributed by atoms with Crippen molar-refractivity contribution in [3.8, 4) is 28.2 Å². The summed E-state index contributed by atoms with van der Waals surface area (Å²) in [4.78, 5) is 17.6. The van der Waals surface area contributed by atoms with Gasteiger partial charge in [0.15, 0.2) is 0 Å². The Morgan fingerprint density at radius 3 is 2.14 bits per heavy atom. The van der Waals surface area contributed by atoms with Gasteiger partial charge < -0.3 is 4.42 Å². The molecule has 5 aromatic carbocycles. The van der Waals surface area contributed by atoms with E-state index in [9.17, 15) is 4.79 Å². The zero-order valence-corrected chi connectivity index (χ0v) is 19.3. The Labute approximate surface area is 206 Å². The van der Waals surface area contributed by atoms with Crippen LogP contribution in [0.4, 0.5) is 0 Å². The van der Waals surface area contributed by atoms with E-state index in [4.69, 9.17) is 9.40 Å². The number of fused-ring (bicyclic) bond motifs is 4. The highest BCUT2D eigenvalue weighted by Gasteiger charge is 2.14. The smallest absolute Gasteiger partial charge is 0.344 e. The topological polar surface area (TPSA) is 48.0 Å². The van der Waals surface area contributed by atoms with Gasteiger partial charge in [-0.15, -0.1) is 0 Å². The van der Waals surface area contributed by atoms with Crippen LogP contribution in [0.1, 0.15) is 0 Å². The molecule has 0 aliphatic carbocycles. The van der Waals surface area contributed by atoms with E-state index in [1.165, 1.54) is 0 Å². The summed E-state index contributed by atoms with van der Waals surface area (Å²) in [5, 5.41) is 2.42. The van der Waals surface area contributed by atoms with Crippen molar-refractivity contribution in [2.45, 2.75) is 0 Å². The standard InChI is InChI=1S/C32H20N2O2/c35-32-27-20-23(18-19-25(27)26-10-4-7-13-30(26)36-32)21-14-16-22(17-15-21)31-33-28-11-5-6-12-29(28)34(31)24-8-2-1-3-9-24/h1-20H. The fourth-order valence-corrected chi connectivity index (χ4v) is 4.93. The molecule has 2 heterocycles. The Bertz CT molecular complexity index is 1950. The predicted octanol–water partition coefficient (Wildman–Crippen LogP) is 7.62. The second-order valence-corrected chi connectivity index (χ2v) is 8.82. The van der Waals surface area contributed by atoms with Crippen LogP contribution in [0.3, 0.4) is 0 Å². The highest BCUT2D eigenvalue weighted by Crippen LogP contribution is 2.32. The molecule has 0 saturated heterocycles. The van der Waals surface area contributed by atoms with E-state index in [1.54, 1.807) is 0 Å². The summed E-state index contributed by atoms with van der Waals surface area (Å²) < 4.78 is 7.75. The fourth-order valence-electron chi connectivity index (χ4n) is 4.93. The lowest BCUT2D eigenvalue weighted by Crippen LogP contribution is -2.00. The molecule has 7 aromatic rings. The maximum absolute atomic E-state index is 12.7. The average Bonchev–Trinajstić information content (AvgIpc) is 3.33. The molecule has 0 aliphatic rings. The minimum Gasteiger partial charge on any atom is -0.422 e. The SMILES string of the molecule is O=c1oc2ccccc2c2ccc(-c3ccc(-c4nc5ccccc5n4-c4ccccc4)cc3)cc12. The van der Waals surface area contributed by atoms with Gasteiger partial charge in [0.25, 0.3) is 0 Å². The van der Waals surface area contributed by atoms with Crippen LogP contribution >= 0.6 is 0 Å². The van der Waals surface area contributed by atoms with Gasteiger partial charge in [-0.3, -0.25) is 4.57 Å². The molecule has 4 nitrogen and oxygen atoms in total. The van der Waals surface area contributed by atoms with Crippen LogP contribution in [0, 0.1) is 0 Å². The summed E-state index contributed by atoms with van der Waals surface area (Å²) in [6.45, 7) is 0. The number of nitrogens with zero attached hydrogens (tertiary/aromatic N) is 2.